The number of aromatic nitrogens is 4. The number of para-hydroxylation sites is 1. The van der Waals surface area contributed by atoms with Gasteiger partial charge in [0, 0.05) is 5.56 Å². The minimum atomic E-state index is -0.0992. The van der Waals surface area contributed by atoms with Crippen molar-refractivity contribution < 1.29 is 4.42 Å². The lowest BCUT2D eigenvalue weighted by Crippen LogP contribution is -2.21. The molecule has 0 fully saturated rings. The molecule has 0 aliphatic rings. The second kappa shape index (κ2) is 8.80. The highest BCUT2D eigenvalue weighted by Gasteiger charge is 2.15. The molecule has 0 aliphatic heterocycles. The molecule has 3 aromatic carbocycles. The van der Waals surface area contributed by atoms with Gasteiger partial charge in [-0.15, -0.1) is 10.2 Å². The molecule has 7 heteroatoms. The Hall–Kier alpha value is -3.71. The molecule has 0 atom stereocenters. The maximum Gasteiger partial charge on any atom is 0.266 e. The molecule has 0 bridgehead atoms. The minimum absolute atomic E-state index is 0.0992. The highest BCUT2D eigenvalue weighted by Crippen LogP contribution is 2.26. The standard InChI is InChI=1S/C25H20N4O2S/c1-2-17-12-14-19(15-13-17)29-24(30)20-10-6-7-11-21(20)26-25(29)32-16-22-27-28-23(31-22)18-8-4-3-5-9-18/h3-15H,2,16H2,1H3. The summed E-state index contributed by atoms with van der Waals surface area (Å²) in [7, 11) is 0. The first-order chi connectivity index (χ1) is 15.7. The van der Waals surface area contributed by atoms with Gasteiger partial charge >= 0.3 is 0 Å². The van der Waals surface area contributed by atoms with Gasteiger partial charge in [0.1, 0.15) is 0 Å². The van der Waals surface area contributed by atoms with Crippen molar-refractivity contribution in [3.63, 3.8) is 0 Å². The van der Waals surface area contributed by atoms with Gasteiger partial charge in [-0.2, -0.15) is 0 Å². The van der Waals surface area contributed by atoms with Gasteiger partial charge in [-0.05, 0) is 48.4 Å². The minimum Gasteiger partial charge on any atom is -0.420 e. The van der Waals surface area contributed by atoms with Crippen LogP contribution in [0.5, 0.6) is 0 Å². The summed E-state index contributed by atoms with van der Waals surface area (Å²) >= 11 is 1.40. The second-order valence-electron chi connectivity index (χ2n) is 7.23. The number of nitrogens with zero attached hydrogens (tertiary/aromatic N) is 4. The van der Waals surface area contributed by atoms with E-state index in [4.69, 9.17) is 9.40 Å². The Morgan fingerprint density at radius 3 is 2.44 bits per heavy atom. The van der Waals surface area contributed by atoms with E-state index >= 15 is 0 Å². The number of hydrogen-bond acceptors (Lipinski definition) is 6. The maximum absolute atomic E-state index is 13.4. The molecule has 0 saturated carbocycles. The highest BCUT2D eigenvalue weighted by atomic mass is 32.2. The largest absolute Gasteiger partial charge is 0.420 e. The summed E-state index contributed by atoms with van der Waals surface area (Å²) in [6.45, 7) is 2.11. The van der Waals surface area contributed by atoms with Crippen molar-refractivity contribution in [2.75, 3.05) is 0 Å². The summed E-state index contributed by atoms with van der Waals surface area (Å²) in [6.07, 6.45) is 0.938. The van der Waals surface area contributed by atoms with Crippen LogP contribution in [0, 0.1) is 0 Å². The van der Waals surface area contributed by atoms with Crippen LogP contribution < -0.4 is 5.56 Å². The van der Waals surface area contributed by atoms with Gasteiger partial charge in [0.2, 0.25) is 11.8 Å². The molecule has 2 heterocycles. The number of thioether (sulfide) groups is 1. The average molecular weight is 441 g/mol. The lowest BCUT2D eigenvalue weighted by atomic mass is 10.1. The third-order valence-corrected chi connectivity index (χ3v) is 6.08. The highest BCUT2D eigenvalue weighted by molar-refractivity contribution is 7.98. The number of hydrogen-bond donors (Lipinski definition) is 0. The lowest BCUT2D eigenvalue weighted by Gasteiger charge is -2.13. The fourth-order valence-electron chi connectivity index (χ4n) is 3.45. The van der Waals surface area contributed by atoms with E-state index in [0.29, 0.717) is 33.6 Å². The zero-order valence-corrected chi connectivity index (χ0v) is 18.2. The first-order valence-corrected chi connectivity index (χ1v) is 11.3. The van der Waals surface area contributed by atoms with Crippen LogP contribution in [-0.4, -0.2) is 19.7 Å². The Labute approximate surface area is 189 Å². The third kappa shape index (κ3) is 3.94. The maximum atomic E-state index is 13.4. The number of benzene rings is 3. The molecule has 0 spiro atoms. The van der Waals surface area contributed by atoms with Gasteiger partial charge in [-0.25, -0.2) is 4.98 Å². The molecule has 5 rings (SSSR count). The van der Waals surface area contributed by atoms with Gasteiger partial charge in [0.15, 0.2) is 5.16 Å². The predicted octanol–water partition coefficient (Wildman–Crippen LogP) is 5.29. The molecule has 5 aromatic rings. The summed E-state index contributed by atoms with van der Waals surface area (Å²) in [5, 5.41) is 9.48. The average Bonchev–Trinajstić information content (AvgIpc) is 3.33. The Morgan fingerprint density at radius 2 is 1.66 bits per heavy atom. The monoisotopic (exact) mass is 440 g/mol. The zero-order valence-electron chi connectivity index (χ0n) is 17.4. The van der Waals surface area contributed by atoms with E-state index in [-0.39, 0.29) is 5.56 Å². The Morgan fingerprint density at radius 1 is 0.906 bits per heavy atom. The molecule has 6 nitrogen and oxygen atoms in total. The molecule has 0 unspecified atom stereocenters. The fourth-order valence-corrected chi connectivity index (χ4v) is 4.30. The molecule has 0 amide bonds. The van der Waals surface area contributed by atoms with Crippen molar-refractivity contribution in [1.29, 1.82) is 0 Å². The summed E-state index contributed by atoms with van der Waals surface area (Å²) < 4.78 is 7.48. The van der Waals surface area contributed by atoms with E-state index < -0.39 is 0 Å². The molecule has 0 radical (unpaired) electrons. The van der Waals surface area contributed by atoms with Crippen LogP contribution in [0.2, 0.25) is 0 Å². The van der Waals surface area contributed by atoms with E-state index in [1.54, 1.807) is 10.6 Å². The Bertz CT molecular complexity index is 1430. The third-order valence-electron chi connectivity index (χ3n) is 5.16. The van der Waals surface area contributed by atoms with E-state index in [9.17, 15) is 4.79 Å². The Balaban J connectivity index is 1.51. The van der Waals surface area contributed by atoms with Crippen LogP contribution in [-0.2, 0) is 12.2 Å². The molecule has 158 valence electrons. The van der Waals surface area contributed by atoms with Crippen molar-refractivity contribution in [2.24, 2.45) is 0 Å². The lowest BCUT2D eigenvalue weighted by molar-refractivity contribution is 0.528. The van der Waals surface area contributed by atoms with Gasteiger partial charge in [0.25, 0.3) is 5.56 Å². The Kier molecular flexibility index (Phi) is 5.56. The van der Waals surface area contributed by atoms with Crippen molar-refractivity contribution >= 4 is 22.7 Å². The first-order valence-electron chi connectivity index (χ1n) is 10.3. The van der Waals surface area contributed by atoms with Crippen LogP contribution in [0.3, 0.4) is 0 Å². The normalized spacial score (nSPS) is 11.2. The number of rotatable bonds is 6. The van der Waals surface area contributed by atoms with Gasteiger partial charge < -0.3 is 4.42 Å². The van der Waals surface area contributed by atoms with Crippen molar-refractivity contribution in [2.45, 2.75) is 24.3 Å². The van der Waals surface area contributed by atoms with Crippen LogP contribution in [0.25, 0.3) is 28.0 Å². The van der Waals surface area contributed by atoms with Crippen LogP contribution in [0.1, 0.15) is 18.4 Å². The van der Waals surface area contributed by atoms with Gasteiger partial charge in [0.05, 0.1) is 22.3 Å². The fraction of sp³-hybridized carbons (Fsp3) is 0.120. The molecule has 0 aliphatic carbocycles. The van der Waals surface area contributed by atoms with Crippen LogP contribution in [0.15, 0.2) is 93.2 Å². The SMILES string of the molecule is CCc1ccc(-n2c(SCc3nnc(-c4ccccc4)o3)nc3ccccc3c2=O)cc1. The van der Waals surface area contributed by atoms with E-state index in [2.05, 4.69) is 17.1 Å². The number of fused-ring (bicyclic) bond motifs is 1. The van der Waals surface area contributed by atoms with E-state index in [0.717, 1.165) is 17.7 Å². The number of aryl methyl sites for hydroxylation is 1. The molecule has 0 N–H and O–H groups in total. The van der Waals surface area contributed by atoms with E-state index in [1.807, 2.05) is 72.8 Å². The zero-order chi connectivity index (χ0) is 21.9. The smallest absolute Gasteiger partial charge is 0.266 e. The van der Waals surface area contributed by atoms with Crippen molar-refractivity contribution in [1.82, 2.24) is 19.7 Å². The predicted molar refractivity (Wildman–Crippen MR) is 126 cm³/mol. The summed E-state index contributed by atoms with van der Waals surface area (Å²) in [4.78, 5) is 18.1. The molecular weight excluding hydrogens is 420 g/mol. The van der Waals surface area contributed by atoms with Crippen molar-refractivity contribution in [3.8, 4) is 17.1 Å². The molecular formula is C25H20N4O2S. The van der Waals surface area contributed by atoms with E-state index in [1.165, 1.54) is 17.3 Å². The van der Waals surface area contributed by atoms with Gasteiger partial charge in [-0.1, -0.05) is 61.2 Å². The van der Waals surface area contributed by atoms with Crippen LogP contribution >= 0.6 is 11.8 Å². The molecule has 0 saturated heterocycles. The topological polar surface area (TPSA) is 73.8 Å². The molecule has 2 aromatic heterocycles. The summed E-state index contributed by atoms with van der Waals surface area (Å²) in [5.41, 5.74) is 3.43. The second-order valence-corrected chi connectivity index (χ2v) is 8.17. The van der Waals surface area contributed by atoms with Crippen LogP contribution in [0.4, 0.5) is 0 Å². The quantitative estimate of drug-likeness (QED) is 0.264. The summed E-state index contributed by atoms with van der Waals surface area (Å²) in [6, 6.07) is 25.0. The summed E-state index contributed by atoms with van der Waals surface area (Å²) in [5.74, 6) is 1.35. The van der Waals surface area contributed by atoms with Crippen molar-refractivity contribution in [3.05, 3.63) is 101 Å². The molecule has 32 heavy (non-hydrogen) atoms. The first kappa shape index (κ1) is 20.2. The van der Waals surface area contributed by atoms with Gasteiger partial charge in [-0.3, -0.25) is 9.36 Å².